The fourth-order valence-electron chi connectivity index (χ4n) is 1.99. The summed E-state index contributed by atoms with van der Waals surface area (Å²) in [6, 6.07) is 3.48. The Kier molecular flexibility index (Phi) is 3.72. The average molecular weight is 226 g/mol. The van der Waals surface area contributed by atoms with Gasteiger partial charge in [-0.25, -0.2) is 8.78 Å². The lowest BCUT2D eigenvalue weighted by molar-refractivity contribution is 0.392. The van der Waals surface area contributed by atoms with Gasteiger partial charge in [-0.2, -0.15) is 0 Å². The minimum absolute atomic E-state index is 0.255. The minimum Gasteiger partial charge on any atom is -0.382 e. The normalized spacial score (nSPS) is 20.8. The predicted octanol–water partition coefficient (Wildman–Crippen LogP) is 2.38. The molecular formula is C12H16F2N2. The van der Waals surface area contributed by atoms with Crippen LogP contribution in [0.3, 0.4) is 0 Å². The zero-order valence-electron chi connectivity index (χ0n) is 9.10. The van der Waals surface area contributed by atoms with Crippen molar-refractivity contribution >= 4 is 5.69 Å². The van der Waals surface area contributed by atoms with Crippen LogP contribution in [0.1, 0.15) is 12.8 Å². The predicted molar refractivity (Wildman–Crippen MR) is 60.4 cm³/mol. The van der Waals surface area contributed by atoms with Gasteiger partial charge in [0, 0.05) is 6.54 Å². The van der Waals surface area contributed by atoms with Crippen LogP contribution in [-0.4, -0.2) is 19.6 Å². The SMILES string of the molecule is Fc1ccc(F)c(NCC2CCCNC2)c1. The fourth-order valence-corrected chi connectivity index (χ4v) is 1.99. The maximum atomic E-state index is 13.3. The van der Waals surface area contributed by atoms with E-state index in [4.69, 9.17) is 0 Å². The highest BCUT2D eigenvalue weighted by molar-refractivity contribution is 5.44. The molecule has 0 aromatic heterocycles. The van der Waals surface area contributed by atoms with Crippen molar-refractivity contribution < 1.29 is 8.78 Å². The molecule has 0 saturated carbocycles. The number of anilines is 1. The topological polar surface area (TPSA) is 24.1 Å². The van der Waals surface area contributed by atoms with Crippen LogP contribution in [0, 0.1) is 17.6 Å². The standard InChI is InChI=1S/C12H16F2N2/c13-10-3-4-11(14)12(6-10)16-8-9-2-1-5-15-7-9/h3-4,6,9,15-16H,1-2,5,7-8H2. The lowest BCUT2D eigenvalue weighted by Gasteiger charge is -2.23. The van der Waals surface area contributed by atoms with Gasteiger partial charge in [0.2, 0.25) is 0 Å². The Morgan fingerprint density at radius 1 is 1.38 bits per heavy atom. The van der Waals surface area contributed by atoms with Gasteiger partial charge in [0.1, 0.15) is 11.6 Å². The second kappa shape index (κ2) is 5.25. The van der Waals surface area contributed by atoms with Gasteiger partial charge in [0.15, 0.2) is 0 Å². The quantitative estimate of drug-likeness (QED) is 0.826. The summed E-state index contributed by atoms with van der Waals surface area (Å²) in [5.41, 5.74) is 0.255. The van der Waals surface area contributed by atoms with Crippen molar-refractivity contribution in [3.05, 3.63) is 29.8 Å². The average Bonchev–Trinajstić information content (AvgIpc) is 2.32. The Morgan fingerprint density at radius 2 is 2.25 bits per heavy atom. The first-order chi connectivity index (χ1) is 7.75. The Bertz CT molecular complexity index is 349. The van der Waals surface area contributed by atoms with Gasteiger partial charge in [0.05, 0.1) is 5.69 Å². The van der Waals surface area contributed by atoms with Crippen molar-refractivity contribution in [2.45, 2.75) is 12.8 Å². The molecule has 88 valence electrons. The van der Waals surface area contributed by atoms with Crippen molar-refractivity contribution in [3.8, 4) is 0 Å². The van der Waals surface area contributed by atoms with Crippen LogP contribution in [0.4, 0.5) is 14.5 Å². The van der Waals surface area contributed by atoms with Gasteiger partial charge in [0.25, 0.3) is 0 Å². The molecule has 1 aliphatic rings. The molecule has 2 N–H and O–H groups in total. The second-order valence-electron chi connectivity index (χ2n) is 4.22. The molecule has 0 radical (unpaired) electrons. The lowest BCUT2D eigenvalue weighted by Crippen LogP contribution is -2.33. The van der Waals surface area contributed by atoms with E-state index in [9.17, 15) is 8.78 Å². The first-order valence-electron chi connectivity index (χ1n) is 5.65. The van der Waals surface area contributed by atoms with Crippen LogP contribution in [0.15, 0.2) is 18.2 Å². The smallest absolute Gasteiger partial charge is 0.146 e. The maximum absolute atomic E-state index is 13.3. The van der Waals surface area contributed by atoms with E-state index in [-0.39, 0.29) is 5.69 Å². The number of piperidine rings is 1. The van der Waals surface area contributed by atoms with Crippen molar-refractivity contribution in [1.82, 2.24) is 5.32 Å². The summed E-state index contributed by atoms with van der Waals surface area (Å²) in [7, 11) is 0. The Balaban J connectivity index is 1.90. The number of halogens is 2. The zero-order chi connectivity index (χ0) is 11.4. The highest BCUT2D eigenvalue weighted by Crippen LogP contribution is 2.17. The molecule has 1 fully saturated rings. The molecular weight excluding hydrogens is 210 g/mol. The van der Waals surface area contributed by atoms with Gasteiger partial charge in [-0.15, -0.1) is 0 Å². The number of nitrogens with one attached hydrogen (secondary N) is 2. The zero-order valence-corrected chi connectivity index (χ0v) is 9.10. The molecule has 0 aliphatic carbocycles. The molecule has 0 spiro atoms. The van der Waals surface area contributed by atoms with E-state index in [0.717, 1.165) is 38.1 Å². The van der Waals surface area contributed by atoms with E-state index in [1.807, 2.05) is 0 Å². The highest BCUT2D eigenvalue weighted by atomic mass is 19.1. The van der Waals surface area contributed by atoms with Crippen LogP contribution < -0.4 is 10.6 Å². The van der Waals surface area contributed by atoms with Gasteiger partial charge < -0.3 is 10.6 Å². The summed E-state index contributed by atoms with van der Waals surface area (Å²) in [5, 5.41) is 6.26. The molecule has 1 aliphatic heterocycles. The minimum atomic E-state index is -0.411. The molecule has 1 heterocycles. The molecule has 1 saturated heterocycles. The van der Waals surface area contributed by atoms with Crippen molar-refractivity contribution in [3.63, 3.8) is 0 Å². The summed E-state index contributed by atoms with van der Waals surface area (Å²) < 4.78 is 26.2. The fraction of sp³-hybridized carbons (Fsp3) is 0.500. The third kappa shape index (κ3) is 2.92. The number of benzene rings is 1. The van der Waals surface area contributed by atoms with E-state index in [2.05, 4.69) is 10.6 Å². The lowest BCUT2D eigenvalue weighted by atomic mass is 10.00. The highest BCUT2D eigenvalue weighted by Gasteiger charge is 2.13. The Labute approximate surface area is 94.0 Å². The van der Waals surface area contributed by atoms with Crippen molar-refractivity contribution in [2.75, 3.05) is 25.0 Å². The van der Waals surface area contributed by atoms with Gasteiger partial charge in [-0.1, -0.05) is 0 Å². The maximum Gasteiger partial charge on any atom is 0.146 e. The van der Waals surface area contributed by atoms with E-state index in [1.54, 1.807) is 0 Å². The third-order valence-corrected chi connectivity index (χ3v) is 2.91. The van der Waals surface area contributed by atoms with Crippen LogP contribution in [0.25, 0.3) is 0 Å². The van der Waals surface area contributed by atoms with Gasteiger partial charge >= 0.3 is 0 Å². The van der Waals surface area contributed by atoms with E-state index in [0.29, 0.717) is 12.5 Å². The molecule has 0 bridgehead atoms. The molecule has 0 amide bonds. The largest absolute Gasteiger partial charge is 0.382 e. The molecule has 1 aromatic carbocycles. The molecule has 16 heavy (non-hydrogen) atoms. The Morgan fingerprint density at radius 3 is 3.00 bits per heavy atom. The van der Waals surface area contributed by atoms with Crippen molar-refractivity contribution in [2.24, 2.45) is 5.92 Å². The van der Waals surface area contributed by atoms with E-state index < -0.39 is 11.6 Å². The summed E-state index contributed by atoms with van der Waals surface area (Å²) in [5.74, 6) is -0.313. The van der Waals surface area contributed by atoms with Gasteiger partial charge in [-0.05, 0) is 50.0 Å². The molecule has 4 heteroatoms. The summed E-state index contributed by atoms with van der Waals surface area (Å²) >= 11 is 0. The molecule has 1 unspecified atom stereocenters. The third-order valence-electron chi connectivity index (χ3n) is 2.91. The number of rotatable bonds is 3. The van der Waals surface area contributed by atoms with Crippen LogP contribution in [-0.2, 0) is 0 Å². The Hall–Kier alpha value is -1.16. The van der Waals surface area contributed by atoms with E-state index in [1.165, 1.54) is 6.07 Å². The van der Waals surface area contributed by atoms with Crippen LogP contribution >= 0.6 is 0 Å². The first-order valence-corrected chi connectivity index (χ1v) is 5.65. The van der Waals surface area contributed by atoms with Crippen molar-refractivity contribution in [1.29, 1.82) is 0 Å². The summed E-state index contributed by atoms with van der Waals surface area (Å²) in [6.45, 7) is 2.70. The monoisotopic (exact) mass is 226 g/mol. The number of hydrogen-bond donors (Lipinski definition) is 2. The summed E-state index contributed by atoms with van der Waals surface area (Å²) in [4.78, 5) is 0. The molecule has 1 atom stereocenters. The van der Waals surface area contributed by atoms with E-state index >= 15 is 0 Å². The molecule has 1 aromatic rings. The first kappa shape index (κ1) is 11.3. The van der Waals surface area contributed by atoms with Gasteiger partial charge in [-0.3, -0.25) is 0 Å². The van der Waals surface area contributed by atoms with Crippen LogP contribution in [0.5, 0.6) is 0 Å². The molecule has 2 nitrogen and oxygen atoms in total. The summed E-state index contributed by atoms with van der Waals surface area (Å²) in [6.07, 6.45) is 2.29. The molecule has 2 rings (SSSR count). The number of hydrogen-bond acceptors (Lipinski definition) is 2. The van der Waals surface area contributed by atoms with Crippen LogP contribution in [0.2, 0.25) is 0 Å². The second-order valence-corrected chi connectivity index (χ2v) is 4.22.